The van der Waals surface area contributed by atoms with Crippen molar-refractivity contribution in [1.82, 2.24) is 0 Å². The maximum atomic E-state index is 10.9. The van der Waals surface area contributed by atoms with E-state index in [2.05, 4.69) is 27.7 Å². The minimum atomic E-state index is -4.26. The van der Waals surface area contributed by atoms with E-state index < -0.39 is 14.9 Å². The standard InChI is InChI=1S/C26H56N.C8H12O3S/c1-5-9-12-15-18-21-24-27(8-4,25-22-19-16-13-10-6-2)26-23-20-17-14-11-7-3;1-7-5-3-4-6-8(7,2)12(9,10)11/h5-26H2,1-4H3;3-7H,1-2H3,(H,9,10,11)/q+1;/p-1. The van der Waals surface area contributed by atoms with Gasteiger partial charge in [-0.05, 0) is 58.3 Å². The van der Waals surface area contributed by atoms with Gasteiger partial charge in [0.1, 0.15) is 10.1 Å². The van der Waals surface area contributed by atoms with E-state index in [0.29, 0.717) is 0 Å². The maximum absolute atomic E-state index is 10.9. The first-order valence-electron chi connectivity index (χ1n) is 16.8. The van der Waals surface area contributed by atoms with Gasteiger partial charge in [0, 0.05) is 0 Å². The van der Waals surface area contributed by atoms with Crippen molar-refractivity contribution >= 4 is 10.1 Å². The summed E-state index contributed by atoms with van der Waals surface area (Å²) in [6, 6.07) is 0. The summed E-state index contributed by atoms with van der Waals surface area (Å²) in [5.74, 6) is -0.259. The highest BCUT2D eigenvalue weighted by Gasteiger charge is 2.35. The second-order valence-electron chi connectivity index (χ2n) is 12.3. The average molecular weight is 570 g/mol. The zero-order valence-corrected chi connectivity index (χ0v) is 27.8. The molecule has 1 aliphatic rings. The zero-order chi connectivity index (χ0) is 29.5. The summed E-state index contributed by atoms with van der Waals surface area (Å²) < 4.78 is 32.8. The van der Waals surface area contributed by atoms with Crippen LogP contribution in [0.2, 0.25) is 0 Å². The van der Waals surface area contributed by atoms with E-state index >= 15 is 0 Å². The normalized spacial score (nSPS) is 19.2. The predicted octanol–water partition coefficient (Wildman–Crippen LogP) is 9.96. The fourth-order valence-corrected chi connectivity index (χ4v) is 6.40. The van der Waals surface area contributed by atoms with Crippen LogP contribution in [-0.4, -0.2) is 48.4 Å². The smallest absolute Gasteiger partial charge is 0.104 e. The van der Waals surface area contributed by atoms with Crippen molar-refractivity contribution in [1.29, 1.82) is 0 Å². The van der Waals surface area contributed by atoms with Crippen LogP contribution in [-0.2, 0) is 10.1 Å². The molecule has 2 atom stereocenters. The molecule has 0 aliphatic heterocycles. The van der Waals surface area contributed by atoms with Gasteiger partial charge >= 0.3 is 0 Å². The molecule has 0 spiro atoms. The van der Waals surface area contributed by atoms with E-state index in [9.17, 15) is 13.0 Å². The minimum absolute atomic E-state index is 0.259. The molecule has 0 saturated heterocycles. The van der Waals surface area contributed by atoms with Gasteiger partial charge in [0.25, 0.3) is 0 Å². The molecule has 0 aromatic carbocycles. The minimum Gasteiger partial charge on any atom is -0.747 e. The van der Waals surface area contributed by atoms with E-state index in [1.54, 1.807) is 25.2 Å². The molecule has 0 amide bonds. The highest BCUT2D eigenvalue weighted by atomic mass is 32.2. The largest absolute Gasteiger partial charge is 0.747 e. The molecular weight excluding hydrogens is 502 g/mol. The first-order valence-corrected chi connectivity index (χ1v) is 18.2. The highest BCUT2D eigenvalue weighted by molar-refractivity contribution is 7.87. The Bertz CT molecular complexity index is 690. The van der Waals surface area contributed by atoms with Crippen molar-refractivity contribution in [3.8, 4) is 0 Å². The number of hydrogen-bond acceptors (Lipinski definition) is 3. The Kier molecular flexibility index (Phi) is 22.6. The molecule has 0 aromatic rings. The molecule has 0 fully saturated rings. The third-order valence-corrected chi connectivity index (χ3v) is 10.6. The van der Waals surface area contributed by atoms with Gasteiger partial charge in [0.15, 0.2) is 0 Å². The first kappa shape index (κ1) is 38.4. The molecule has 0 N–H and O–H groups in total. The van der Waals surface area contributed by atoms with Crippen LogP contribution in [0.5, 0.6) is 0 Å². The van der Waals surface area contributed by atoms with E-state index in [4.69, 9.17) is 0 Å². The van der Waals surface area contributed by atoms with Crippen LogP contribution >= 0.6 is 0 Å². The van der Waals surface area contributed by atoms with Gasteiger partial charge in [-0.3, -0.25) is 0 Å². The molecule has 0 heterocycles. The van der Waals surface area contributed by atoms with Crippen molar-refractivity contribution in [3.05, 3.63) is 24.3 Å². The van der Waals surface area contributed by atoms with Gasteiger partial charge < -0.3 is 9.04 Å². The van der Waals surface area contributed by atoms with E-state index in [0.717, 1.165) is 0 Å². The lowest BCUT2D eigenvalue weighted by Gasteiger charge is -2.38. The highest BCUT2D eigenvalue weighted by Crippen LogP contribution is 2.30. The Balaban J connectivity index is 0.000000992. The van der Waals surface area contributed by atoms with Gasteiger partial charge in [-0.2, -0.15) is 0 Å². The summed E-state index contributed by atoms with van der Waals surface area (Å²) in [4.78, 5) is 0. The molecule has 0 radical (unpaired) electrons. The Morgan fingerprint density at radius 2 is 1.00 bits per heavy atom. The molecular formula is C34H67NO3S. The van der Waals surface area contributed by atoms with Gasteiger partial charge in [-0.25, -0.2) is 8.42 Å². The molecule has 0 aromatic heterocycles. The Morgan fingerprint density at radius 1 is 0.641 bits per heavy atom. The number of unbranched alkanes of at least 4 members (excludes halogenated alkanes) is 15. The molecule has 2 unspecified atom stereocenters. The summed E-state index contributed by atoms with van der Waals surface area (Å²) in [6.45, 7) is 18.3. The third kappa shape index (κ3) is 17.0. The fraction of sp³-hybridized carbons (Fsp3) is 0.882. The topological polar surface area (TPSA) is 57.2 Å². The lowest BCUT2D eigenvalue weighted by molar-refractivity contribution is -0.927. The van der Waals surface area contributed by atoms with Crippen molar-refractivity contribution < 1.29 is 17.5 Å². The van der Waals surface area contributed by atoms with Crippen LogP contribution in [0.4, 0.5) is 0 Å². The van der Waals surface area contributed by atoms with Crippen molar-refractivity contribution in [2.75, 3.05) is 26.2 Å². The summed E-state index contributed by atoms with van der Waals surface area (Å²) >= 11 is 0. The fourth-order valence-electron chi connectivity index (χ4n) is 5.62. The average Bonchev–Trinajstić information content (AvgIpc) is 2.91. The second-order valence-corrected chi connectivity index (χ2v) is 14.1. The lowest BCUT2D eigenvalue weighted by Crippen LogP contribution is -2.50. The van der Waals surface area contributed by atoms with Crippen LogP contribution < -0.4 is 0 Å². The molecule has 4 nitrogen and oxygen atoms in total. The van der Waals surface area contributed by atoms with Crippen LogP contribution in [0.1, 0.15) is 157 Å². The third-order valence-electron chi connectivity index (χ3n) is 9.01. The van der Waals surface area contributed by atoms with Crippen molar-refractivity contribution in [2.45, 2.75) is 162 Å². The summed E-state index contributed by atoms with van der Waals surface area (Å²) in [5, 5.41) is 0. The number of hydrogen-bond donors (Lipinski definition) is 0. The van der Waals surface area contributed by atoms with E-state index in [1.165, 1.54) is 159 Å². The van der Waals surface area contributed by atoms with Gasteiger partial charge in [0.2, 0.25) is 0 Å². The van der Waals surface area contributed by atoms with Crippen molar-refractivity contribution in [3.63, 3.8) is 0 Å². The van der Waals surface area contributed by atoms with Crippen molar-refractivity contribution in [2.24, 2.45) is 5.92 Å². The maximum Gasteiger partial charge on any atom is 0.104 e. The van der Waals surface area contributed by atoms with Gasteiger partial charge in [0.05, 0.1) is 30.9 Å². The van der Waals surface area contributed by atoms with Gasteiger partial charge in [-0.15, -0.1) is 0 Å². The molecule has 1 aliphatic carbocycles. The van der Waals surface area contributed by atoms with Crippen LogP contribution in [0.15, 0.2) is 24.3 Å². The molecule has 1 rings (SSSR count). The Hall–Kier alpha value is -0.650. The number of nitrogens with zero attached hydrogens (tertiary/aromatic N) is 1. The zero-order valence-electron chi connectivity index (χ0n) is 27.0. The predicted molar refractivity (Wildman–Crippen MR) is 171 cm³/mol. The van der Waals surface area contributed by atoms with Crippen LogP contribution in [0.3, 0.4) is 0 Å². The molecule has 39 heavy (non-hydrogen) atoms. The van der Waals surface area contributed by atoms with Crippen LogP contribution in [0, 0.1) is 5.92 Å². The Morgan fingerprint density at radius 3 is 1.28 bits per heavy atom. The van der Waals surface area contributed by atoms with Crippen LogP contribution in [0.25, 0.3) is 0 Å². The number of rotatable bonds is 23. The molecule has 232 valence electrons. The Labute approximate surface area is 245 Å². The van der Waals surface area contributed by atoms with E-state index in [1.807, 2.05) is 0 Å². The summed E-state index contributed by atoms with van der Waals surface area (Å²) in [7, 11) is -4.26. The second kappa shape index (κ2) is 23.0. The molecule has 0 saturated carbocycles. The van der Waals surface area contributed by atoms with E-state index in [-0.39, 0.29) is 5.92 Å². The van der Waals surface area contributed by atoms with Gasteiger partial charge in [-0.1, -0.05) is 129 Å². The SMILES string of the molecule is CC1C=CC=CC1(C)S(=O)(=O)[O-].CCCCCCCC[N+](CC)(CCCCCCCC)CCCCCCCC. The summed E-state index contributed by atoms with van der Waals surface area (Å²) in [6.07, 6.45) is 32.4. The number of allylic oxidation sites excluding steroid dienone is 3. The number of quaternary nitrogens is 1. The summed E-state index contributed by atoms with van der Waals surface area (Å²) in [5.41, 5.74) is 0. The monoisotopic (exact) mass is 569 g/mol. The molecule has 0 bridgehead atoms. The first-order chi connectivity index (χ1) is 18.6. The lowest BCUT2D eigenvalue weighted by atomic mass is 9.91. The molecule has 5 heteroatoms. The quantitative estimate of drug-likeness (QED) is 0.0699.